The molecule has 0 amide bonds. The van der Waals surface area contributed by atoms with Gasteiger partial charge in [-0.1, -0.05) is 18.2 Å². The van der Waals surface area contributed by atoms with Crippen molar-refractivity contribution in [3.63, 3.8) is 0 Å². The molecule has 0 saturated heterocycles. The van der Waals surface area contributed by atoms with Crippen LogP contribution in [0, 0.1) is 0 Å². The van der Waals surface area contributed by atoms with Crippen molar-refractivity contribution in [1.29, 1.82) is 0 Å². The van der Waals surface area contributed by atoms with E-state index in [2.05, 4.69) is 15.0 Å². The predicted octanol–water partition coefficient (Wildman–Crippen LogP) is 6.58. The third-order valence-corrected chi connectivity index (χ3v) is 9.19. The summed E-state index contributed by atoms with van der Waals surface area (Å²) in [6.45, 7) is 0. The zero-order valence-electron chi connectivity index (χ0n) is 12.0. The molecule has 0 aliphatic carbocycles. The SMILES string of the molecule is c1cc2nc(c1)SSc1cccc(n1)SSc1cccc(n1)SS2. The molecule has 3 aromatic heterocycles. The minimum Gasteiger partial charge on any atom is -0.233 e. The summed E-state index contributed by atoms with van der Waals surface area (Å²) in [4.78, 5) is 14.0. The van der Waals surface area contributed by atoms with E-state index in [1.165, 1.54) is 0 Å². The van der Waals surface area contributed by atoms with Gasteiger partial charge in [-0.25, -0.2) is 15.0 Å². The van der Waals surface area contributed by atoms with E-state index >= 15 is 0 Å². The van der Waals surface area contributed by atoms with Gasteiger partial charge in [-0.2, -0.15) is 0 Å². The molecule has 6 bridgehead atoms. The topological polar surface area (TPSA) is 38.7 Å². The fourth-order valence-electron chi connectivity index (χ4n) is 1.72. The molecule has 0 radical (unpaired) electrons. The Labute approximate surface area is 163 Å². The first-order chi connectivity index (χ1) is 11.8. The second-order valence-electron chi connectivity index (χ2n) is 4.44. The molecule has 0 N–H and O–H groups in total. The number of hydrogen-bond acceptors (Lipinski definition) is 9. The van der Waals surface area contributed by atoms with Crippen molar-refractivity contribution >= 4 is 64.8 Å². The molecule has 0 fully saturated rings. The van der Waals surface area contributed by atoms with Gasteiger partial charge < -0.3 is 0 Å². The Morgan fingerprint density at radius 3 is 0.792 bits per heavy atom. The summed E-state index contributed by atoms with van der Waals surface area (Å²) in [5.41, 5.74) is 0. The third-order valence-electron chi connectivity index (χ3n) is 2.73. The standard InChI is InChI=1S/C15H9N3S6/c1-4-10-16-11(5-1)20-22-13-7-3-9-15(18-13)24-23-14-8-2-6-12(17-14)21-19-10/h1-9H. The molecule has 120 valence electrons. The van der Waals surface area contributed by atoms with Crippen LogP contribution in [-0.4, -0.2) is 15.0 Å². The summed E-state index contributed by atoms with van der Waals surface area (Å²) < 4.78 is 0. The smallest absolute Gasteiger partial charge is 0.108 e. The van der Waals surface area contributed by atoms with Crippen LogP contribution in [0.4, 0.5) is 0 Å². The van der Waals surface area contributed by atoms with Crippen LogP contribution in [-0.2, 0) is 0 Å². The minimum atomic E-state index is 0.983. The van der Waals surface area contributed by atoms with Gasteiger partial charge in [0.1, 0.15) is 30.2 Å². The lowest BCUT2D eigenvalue weighted by molar-refractivity contribution is 1.01. The average molecular weight is 424 g/mol. The average Bonchev–Trinajstić information content (AvgIpc) is 2.64. The van der Waals surface area contributed by atoms with Gasteiger partial charge >= 0.3 is 0 Å². The van der Waals surface area contributed by atoms with Crippen molar-refractivity contribution in [3.05, 3.63) is 54.6 Å². The molecule has 0 saturated carbocycles. The monoisotopic (exact) mass is 423 g/mol. The Hall–Kier alpha value is -0.450. The Balaban J connectivity index is 1.68. The van der Waals surface area contributed by atoms with E-state index in [1.807, 2.05) is 54.6 Å². The van der Waals surface area contributed by atoms with Crippen LogP contribution in [0.5, 0.6) is 0 Å². The van der Waals surface area contributed by atoms with Crippen molar-refractivity contribution in [2.75, 3.05) is 0 Å². The Morgan fingerprint density at radius 2 is 0.583 bits per heavy atom. The van der Waals surface area contributed by atoms with Crippen LogP contribution < -0.4 is 0 Å². The molecule has 4 rings (SSSR count). The van der Waals surface area contributed by atoms with Crippen molar-refractivity contribution in [1.82, 2.24) is 15.0 Å². The molecule has 0 unspecified atom stereocenters. The summed E-state index contributed by atoms with van der Waals surface area (Å²) in [6.07, 6.45) is 0. The molecule has 3 nitrogen and oxygen atoms in total. The van der Waals surface area contributed by atoms with E-state index in [9.17, 15) is 0 Å². The number of hydrogen-bond donors (Lipinski definition) is 0. The fraction of sp³-hybridized carbons (Fsp3) is 0. The number of fused-ring (bicyclic) bond motifs is 6. The maximum absolute atomic E-state index is 4.68. The molecule has 0 atom stereocenters. The quantitative estimate of drug-likeness (QED) is 0.372. The molecule has 4 heterocycles. The Kier molecular flexibility index (Phi) is 5.87. The van der Waals surface area contributed by atoms with Gasteiger partial charge in [-0.15, -0.1) is 0 Å². The summed E-state index contributed by atoms with van der Waals surface area (Å²) in [5.74, 6) is 0. The van der Waals surface area contributed by atoms with E-state index in [0.717, 1.165) is 30.2 Å². The van der Waals surface area contributed by atoms with Crippen molar-refractivity contribution in [2.24, 2.45) is 0 Å². The number of aromatic nitrogens is 3. The molecule has 9 heteroatoms. The van der Waals surface area contributed by atoms with Crippen LogP contribution >= 0.6 is 64.8 Å². The third kappa shape index (κ3) is 4.59. The normalized spacial score (nSPS) is 14.5. The zero-order valence-corrected chi connectivity index (χ0v) is 16.9. The second-order valence-corrected chi connectivity index (χ2v) is 11.0. The fourth-order valence-corrected chi connectivity index (χ4v) is 7.23. The van der Waals surface area contributed by atoms with Crippen LogP contribution in [0.1, 0.15) is 0 Å². The highest BCUT2D eigenvalue weighted by molar-refractivity contribution is 8.77. The summed E-state index contributed by atoms with van der Waals surface area (Å²) >= 11 is 0. The first-order valence-corrected chi connectivity index (χ1v) is 13.2. The van der Waals surface area contributed by atoms with E-state index in [-0.39, 0.29) is 0 Å². The Bertz CT molecular complexity index is 689. The van der Waals surface area contributed by atoms with Crippen LogP contribution in [0.2, 0.25) is 0 Å². The molecule has 0 aromatic carbocycles. The van der Waals surface area contributed by atoms with E-state index in [4.69, 9.17) is 0 Å². The van der Waals surface area contributed by atoms with Crippen LogP contribution in [0.3, 0.4) is 0 Å². The summed E-state index contributed by atoms with van der Waals surface area (Å²) in [6, 6.07) is 18.3. The Morgan fingerprint density at radius 1 is 0.375 bits per heavy atom. The molecule has 1 aliphatic heterocycles. The van der Waals surface area contributed by atoms with E-state index in [0.29, 0.717) is 0 Å². The van der Waals surface area contributed by atoms with Gasteiger partial charge in [0.05, 0.1) is 0 Å². The molecule has 0 spiro atoms. The van der Waals surface area contributed by atoms with Gasteiger partial charge in [-0.05, 0) is 101 Å². The minimum absolute atomic E-state index is 0.983. The maximum atomic E-state index is 4.68. The van der Waals surface area contributed by atoms with Crippen LogP contribution in [0.15, 0.2) is 84.8 Å². The maximum Gasteiger partial charge on any atom is 0.108 e. The number of rotatable bonds is 0. The zero-order chi connectivity index (χ0) is 16.2. The van der Waals surface area contributed by atoms with Gasteiger partial charge in [0.25, 0.3) is 0 Å². The first kappa shape index (κ1) is 17.0. The molecular weight excluding hydrogens is 415 g/mol. The van der Waals surface area contributed by atoms with Crippen molar-refractivity contribution < 1.29 is 0 Å². The van der Waals surface area contributed by atoms with Gasteiger partial charge in [0.2, 0.25) is 0 Å². The highest BCUT2D eigenvalue weighted by Crippen LogP contribution is 2.42. The van der Waals surface area contributed by atoms with Crippen LogP contribution in [0.25, 0.3) is 0 Å². The summed E-state index contributed by atoms with van der Waals surface area (Å²) in [7, 11) is 9.79. The first-order valence-electron chi connectivity index (χ1n) is 6.80. The largest absolute Gasteiger partial charge is 0.233 e. The van der Waals surface area contributed by atoms with Gasteiger partial charge in [0, 0.05) is 0 Å². The van der Waals surface area contributed by atoms with E-state index in [1.54, 1.807) is 64.8 Å². The van der Waals surface area contributed by atoms with Crippen molar-refractivity contribution in [3.8, 4) is 0 Å². The number of nitrogens with zero attached hydrogens (tertiary/aromatic N) is 3. The second kappa shape index (κ2) is 8.29. The highest BCUT2D eigenvalue weighted by Gasteiger charge is 2.08. The van der Waals surface area contributed by atoms with E-state index < -0.39 is 0 Å². The van der Waals surface area contributed by atoms with Crippen molar-refractivity contribution in [2.45, 2.75) is 30.2 Å². The predicted molar refractivity (Wildman–Crippen MR) is 108 cm³/mol. The lowest BCUT2D eigenvalue weighted by atomic mass is 10.5. The lowest BCUT2D eigenvalue weighted by Crippen LogP contribution is -1.82. The molecule has 1 aliphatic rings. The highest BCUT2D eigenvalue weighted by atomic mass is 33.1. The van der Waals surface area contributed by atoms with Gasteiger partial charge in [-0.3, -0.25) is 0 Å². The lowest BCUT2D eigenvalue weighted by Gasteiger charge is -2.03. The molecular formula is C15H9N3S6. The van der Waals surface area contributed by atoms with Gasteiger partial charge in [0.15, 0.2) is 0 Å². The molecule has 3 aromatic rings. The molecule has 24 heavy (non-hydrogen) atoms. The number of pyridine rings is 3. The summed E-state index contributed by atoms with van der Waals surface area (Å²) in [5, 5.41) is 5.90.